The van der Waals surface area contributed by atoms with Crippen LogP contribution in [0, 0.1) is 0 Å². The van der Waals surface area contributed by atoms with Crippen molar-refractivity contribution < 1.29 is 4.42 Å². The third-order valence-electron chi connectivity index (χ3n) is 11.3. The Labute approximate surface area is 332 Å². The van der Waals surface area contributed by atoms with Crippen LogP contribution >= 0.6 is 0 Å². The van der Waals surface area contributed by atoms with Crippen LogP contribution < -0.4 is 0 Å². The predicted molar refractivity (Wildman–Crippen MR) is 236 cm³/mol. The quantitative estimate of drug-likeness (QED) is 0.176. The smallest absolute Gasteiger partial charge is 0.227 e. The van der Waals surface area contributed by atoms with Gasteiger partial charge in [-0.15, -0.1) is 0 Å². The highest BCUT2D eigenvalue weighted by Gasteiger charge is 2.18. The van der Waals surface area contributed by atoms with Crippen molar-refractivity contribution in [2.45, 2.75) is 0 Å². The molecule has 0 fully saturated rings. The van der Waals surface area contributed by atoms with Crippen molar-refractivity contribution in [2.75, 3.05) is 0 Å². The van der Waals surface area contributed by atoms with Crippen molar-refractivity contribution in [2.24, 2.45) is 0 Å². The van der Waals surface area contributed by atoms with E-state index in [0.717, 1.165) is 66.0 Å². The zero-order chi connectivity index (χ0) is 38.2. The number of fused-ring (bicyclic) bond motifs is 8. The van der Waals surface area contributed by atoms with E-state index in [1.165, 1.54) is 27.2 Å². The van der Waals surface area contributed by atoms with Crippen LogP contribution in [0.3, 0.4) is 0 Å². The molecular weight excluding hydrogens is 711 g/mol. The maximum Gasteiger partial charge on any atom is 0.227 e. The van der Waals surface area contributed by atoms with E-state index in [9.17, 15) is 0 Å². The largest absolute Gasteiger partial charge is 0.438 e. The van der Waals surface area contributed by atoms with E-state index in [2.05, 4.69) is 161 Å². The number of hydrogen-bond donors (Lipinski definition) is 0. The Bertz CT molecular complexity index is 3530. The fraction of sp³-hybridized carbons (Fsp3) is 0. The molecule has 6 heteroatoms. The monoisotopic (exact) mass is 741 g/mol. The van der Waals surface area contributed by atoms with E-state index < -0.39 is 0 Å². The van der Waals surface area contributed by atoms with E-state index in [1.807, 2.05) is 30.3 Å². The van der Waals surface area contributed by atoms with Crippen LogP contribution in [0.2, 0.25) is 0 Å². The lowest BCUT2D eigenvalue weighted by atomic mass is 9.95. The van der Waals surface area contributed by atoms with E-state index in [1.54, 1.807) is 6.20 Å². The number of rotatable bonds is 5. The number of pyridine rings is 1. The minimum absolute atomic E-state index is 0.577. The van der Waals surface area contributed by atoms with Gasteiger partial charge in [-0.25, -0.2) is 19.9 Å². The highest BCUT2D eigenvalue weighted by molar-refractivity contribution is 6.11. The molecule has 0 aliphatic heterocycles. The van der Waals surface area contributed by atoms with E-state index in [0.29, 0.717) is 23.2 Å². The minimum atomic E-state index is 0.577. The van der Waals surface area contributed by atoms with Gasteiger partial charge in [0.25, 0.3) is 0 Å². The van der Waals surface area contributed by atoms with Crippen LogP contribution in [0.5, 0.6) is 0 Å². The Morgan fingerprint density at radius 3 is 1.78 bits per heavy atom. The van der Waals surface area contributed by atoms with Gasteiger partial charge in [0.2, 0.25) is 5.71 Å². The molecule has 0 bridgehead atoms. The molecule has 0 spiro atoms. The molecule has 0 N–H and O–H groups in total. The molecule has 12 rings (SSSR count). The summed E-state index contributed by atoms with van der Waals surface area (Å²) in [6.45, 7) is 0. The van der Waals surface area contributed by atoms with Crippen molar-refractivity contribution in [3.05, 3.63) is 188 Å². The SMILES string of the molecule is c1ccc(-c2cc(-c3nc(-c4ccc5c(-n6c7ccccc7c7ccccc76)cccc5c4)nc(-c4ccc5oc6ncccc6c5c4)n3)cc3ccccc23)cc1. The zero-order valence-electron chi connectivity index (χ0n) is 31.0. The number of para-hydroxylation sites is 2. The summed E-state index contributed by atoms with van der Waals surface area (Å²) in [5.74, 6) is 1.77. The van der Waals surface area contributed by atoms with Crippen molar-refractivity contribution in [3.63, 3.8) is 0 Å². The summed E-state index contributed by atoms with van der Waals surface area (Å²) < 4.78 is 8.46. The third-order valence-corrected chi connectivity index (χ3v) is 11.3. The fourth-order valence-electron chi connectivity index (χ4n) is 8.59. The first-order chi connectivity index (χ1) is 28.7. The molecule has 0 aliphatic carbocycles. The highest BCUT2D eigenvalue weighted by Crippen LogP contribution is 2.38. The summed E-state index contributed by atoms with van der Waals surface area (Å²) in [5.41, 5.74) is 9.78. The van der Waals surface area contributed by atoms with Gasteiger partial charge in [-0.1, -0.05) is 115 Å². The molecule has 270 valence electrons. The molecule has 4 heterocycles. The van der Waals surface area contributed by atoms with Crippen LogP contribution in [0.15, 0.2) is 193 Å². The Kier molecular flexibility index (Phi) is 7.13. The molecule has 0 unspecified atom stereocenters. The molecule has 0 radical (unpaired) electrons. The lowest BCUT2D eigenvalue weighted by molar-refractivity contribution is 0.654. The molecule has 0 atom stereocenters. The van der Waals surface area contributed by atoms with Gasteiger partial charge in [0.15, 0.2) is 17.5 Å². The Hall–Kier alpha value is -7.96. The second-order valence-corrected chi connectivity index (χ2v) is 14.7. The second-order valence-electron chi connectivity index (χ2n) is 14.7. The molecule has 8 aromatic carbocycles. The minimum Gasteiger partial charge on any atom is -0.438 e. The summed E-state index contributed by atoms with van der Waals surface area (Å²) in [6.07, 6.45) is 1.75. The van der Waals surface area contributed by atoms with Crippen LogP contribution in [0.4, 0.5) is 0 Å². The summed E-state index contributed by atoms with van der Waals surface area (Å²) in [7, 11) is 0. The third kappa shape index (κ3) is 5.12. The average molecular weight is 742 g/mol. The van der Waals surface area contributed by atoms with Gasteiger partial charge in [-0.05, 0) is 94.0 Å². The van der Waals surface area contributed by atoms with Crippen molar-refractivity contribution in [1.29, 1.82) is 0 Å². The Morgan fingerprint density at radius 2 is 0.983 bits per heavy atom. The molecular formula is C52H31N5O. The Balaban J connectivity index is 1.07. The summed E-state index contributed by atoms with van der Waals surface area (Å²) in [5, 5.41) is 8.90. The molecule has 12 aromatic rings. The Morgan fingerprint density at radius 1 is 0.379 bits per heavy atom. The highest BCUT2D eigenvalue weighted by atomic mass is 16.3. The number of hydrogen-bond acceptors (Lipinski definition) is 5. The van der Waals surface area contributed by atoms with Crippen LogP contribution in [0.25, 0.3) is 116 Å². The van der Waals surface area contributed by atoms with Crippen LogP contribution in [-0.4, -0.2) is 24.5 Å². The van der Waals surface area contributed by atoms with Crippen LogP contribution in [0.1, 0.15) is 0 Å². The summed E-state index contributed by atoms with van der Waals surface area (Å²) in [4.78, 5) is 20.1. The molecule has 0 saturated carbocycles. The molecule has 4 aromatic heterocycles. The standard InChI is InChI=1S/C52H31N5O/c1-2-12-32(13-3-1)43-31-37(29-33-14-4-5-16-38(33)43)51-55-49(54-50(56-51)36-24-26-48-44(30-36)42-19-11-27-53-52(42)58-48)35-23-25-39-34(28-35)15-10-22-45(39)57-46-20-8-6-17-40(46)41-18-7-9-21-47(41)57/h1-31H. The van der Waals surface area contributed by atoms with E-state index in [4.69, 9.17) is 19.4 Å². The van der Waals surface area contributed by atoms with Crippen molar-refractivity contribution in [1.82, 2.24) is 24.5 Å². The topological polar surface area (TPSA) is 69.6 Å². The van der Waals surface area contributed by atoms with Gasteiger partial charge in [0, 0.05) is 49.8 Å². The maximum atomic E-state index is 6.08. The zero-order valence-corrected chi connectivity index (χ0v) is 31.0. The number of nitrogens with zero attached hydrogens (tertiary/aromatic N) is 5. The van der Waals surface area contributed by atoms with Gasteiger partial charge in [0.1, 0.15) is 5.58 Å². The maximum absolute atomic E-state index is 6.08. The van der Waals surface area contributed by atoms with Gasteiger partial charge in [0.05, 0.1) is 16.7 Å². The average Bonchev–Trinajstić information content (AvgIpc) is 3.84. The fourth-order valence-corrected chi connectivity index (χ4v) is 8.59. The molecule has 6 nitrogen and oxygen atoms in total. The van der Waals surface area contributed by atoms with Crippen molar-refractivity contribution in [3.8, 4) is 51.0 Å². The summed E-state index contributed by atoms with van der Waals surface area (Å²) >= 11 is 0. The van der Waals surface area contributed by atoms with Crippen molar-refractivity contribution >= 4 is 65.4 Å². The molecule has 58 heavy (non-hydrogen) atoms. The van der Waals surface area contributed by atoms with E-state index in [-0.39, 0.29) is 0 Å². The first-order valence-corrected chi connectivity index (χ1v) is 19.4. The first-order valence-electron chi connectivity index (χ1n) is 19.4. The second kappa shape index (κ2) is 12.8. The van der Waals surface area contributed by atoms with Gasteiger partial charge < -0.3 is 8.98 Å². The molecule has 0 saturated heterocycles. The van der Waals surface area contributed by atoms with Gasteiger partial charge in [-0.3, -0.25) is 0 Å². The number of benzene rings is 8. The number of furan rings is 1. The number of aromatic nitrogens is 5. The first kappa shape index (κ1) is 32.3. The summed E-state index contributed by atoms with van der Waals surface area (Å²) in [6, 6.07) is 63.7. The molecule has 0 amide bonds. The lowest BCUT2D eigenvalue weighted by Crippen LogP contribution is -2.01. The van der Waals surface area contributed by atoms with Crippen LogP contribution in [-0.2, 0) is 0 Å². The normalized spacial score (nSPS) is 11.8. The lowest BCUT2D eigenvalue weighted by Gasteiger charge is -2.14. The van der Waals surface area contributed by atoms with E-state index >= 15 is 0 Å². The van der Waals surface area contributed by atoms with Gasteiger partial charge >= 0.3 is 0 Å². The predicted octanol–water partition coefficient (Wildman–Crippen LogP) is 13.2. The molecule has 0 aliphatic rings. The van der Waals surface area contributed by atoms with Gasteiger partial charge in [-0.2, -0.15) is 0 Å².